The normalized spacial score (nSPS) is 10.3. The minimum atomic E-state index is -0.955. The summed E-state index contributed by atoms with van der Waals surface area (Å²) in [5.74, 6) is -0.583. The summed E-state index contributed by atoms with van der Waals surface area (Å²) in [5, 5.41) is 17.5. The molecule has 0 spiro atoms. The largest absolute Gasteiger partial charge is 0.497 e. The smallest absolute Gasteiger partial charge is 0.307 e. The molecule has 6 nitrogen and oxygen atoms in total. The fourth-order valence-corrected chi connectivity index (χ4v) is 3.07. The first-order chi connectivity index (χ1) is 12.9. The highest BCUT2D eigenvalue weighted by Gasteiger charge is 2.21. The molecular formula is C20H20ClNO5. The standard InChI is InChI=1S/C19H16ClNO4.CH4O/c1-11-15(10-18(22)23)16-9-14(25-2)7-8-17(16)21(11)19(24)12-3-5-13(20)6-4-12;1-2/h3-9H,10H2,1-2H3,(H,22,23);2H,1H3. The predicted molar refractivity (Wildman–Crippen MR) is 104 cm³/mol. The molecule has 7 heteroatoms. The molecule has 0 atom stereocenters. The Balaban J connectivity index is 0.00000126. The molecule has 27 heavy (non-hydrogen) atoms. The maximum atomic E-state index is 13.0. The number of nitrogens with zero attached hydrogens (tertiary/aromatic N) is 1. The number of rotatable bonds is 4. The van der Waals surface area contributed by atoms with Crippen LogP contribution in [0.1, 0.15) is 21.6 Å². The van der Waals surface area contributed by atoms with E-state index in [4.69, 9.17) is 21.4 Å². The highest BCUT2D eigenvalue weighted by atomic mass is 35.5. The van der Waals surface area contributed by atoms with E-state index in [1.165, 1.54) is 4.57 Å². The molecule has 0 aliphatic rings. The lowest BCUT2D eigenvalue weighted by atomic mass is 10.1. The number of fused-ring (bicyclic) bond motifs is 1. The zero-order valence-corrected chi connectivity index (χ0v) is 15.9. The maximum Gasteiger partial charge on any atom is 0.307 e. The van der Waals surface area contributed by atoms with Crippen LogP contribution in [0.2, 0.25) is 5.02 Å². The van der Waals surface area contributed by atoms with Crippen molar-refractivity contribution in [3.63, 3.8) is 0 Å². The molecule has 0 amide bonds. The molecule has 3 aromatic rings. The van der Waals surface area contributed by atoms with Gasteiger partial charge < -0.3 is 14.9 Å². The van der Waals surface area contributed by atoms with E-state index in [0.29, 0.717) is 38.5 Å². The van der Waals surface area contributed by atoms with Crippen molar-refractivity contribution >= 4 is 34.4 Å². The van der Waals surface area contributed by atoms with Crippen LogP contribution in [0.5, 0.6) is 5.75 Å². The summed E-state index contributed by atoms with van der Waals surface area (Å²) in [7, 11) is 2.54. The number of halogens is 1. The number of carbonyl (C=O) groups excluding carboxylic acids is 1. The quantitative estimate of drug-likeness (QED) is 0.712. The van der Waals surface area contributed by atoms with Gasteiger partial charge >= 0.3 is 5.97 Å². The Hall–Kier alpha value is -2.83. The summed E-state index contributed by atoms with van der Waals surface area (Å²) in [6.45, 7) is 1.75. The van der Waals surface area contributed by atoms with E-state index in [0.717, 1.165) is 7.11 Å². The number of aliphatic hydroxyl groups excluding tert-OH is 1. The molecule has 0 bridgehead atoms. The molecule has 1 heterocycles. The van der Waals surface area contributed by atoms with Gasteiger partial charge in [0.2, 0.25) is 0 Å². The molecule has 0 saturated carbocycles. The number of aliphatic carboxylic acids is 1. The molecule has 0 aliphatic heterocycles. The summed E-state index contributed by atoms with van der Waals surface area (Å²) in [5.41, 5.74) is 2.32. The lowest BCUT2D eigenvalue weighted by Crippen LogP contribution is -2.14. The number of aromatic nitrogens is 1. The number of carboxylic acids is 1. The molecular weight excluding hydrogens is 370 g/mol. The van der Waals surface area contributed by atoms with Gasteiger partial charge in [0.05, 0.1) is 19.0 Å². The number of carboxylic acid groups (broad SMARTS) is 1. The first-order valence-corrected chi connectivity index (χ1v) is 8.45. The lowest BCUT2D eigenvalue weighted by molar-refractivity contribution is -0.136. The minimum Gasteiger partial charge on any atom is -0.497 e. The summed E-state index contributed by atoms with van der Waals surface area (Å²) >= 11 is 5.89. The van der Waals surface area contributed by atoms with E-state index in [1.54, 1.807) is 56.5 Å². The Morgan fingerprint density at radius 2 is 1.74 bits per heavy atom. The Bertz CT molecular complexity index is 976. The van der Waals surface area contributed by atoms with Crippen LogP contribution in [0.4, 0.5) is 0 Å². The number of aliphatic hydroxyl groups is 1. The van der Waals surface area contributed by atoms with E-state index < -0.39 is 5.97 Å². The van der Waals surface area contributed by atoms with Crippen molar-refractivity contribution in [3.05, 3.63) is 64.3 Å². The molecule has 0 fully saturated rings. The van der Waals surface area contributed by atoms with Crippen molar-refractivity contribution in [2.24, 2.45) is 0 Å². The number of ether oxygens (including phenoxy) is 1. The lowest BCUT2D eigenvalue weighted by Gasteiger charge is -2.08. The van der Waals surface area contributed by atoms with Crippen molar-refractivity contribution in [1.29, 1.82) is 0 Å². The number of hydrogen-bond acceptors (Lipinski definition) is 4. The van der Waals surface area contributed by atoms with Crippen molar-refractivity contribution in [1.82, 2.24) is 4.57 Å². The zero-order valence-electron chi connectivity index (χ0n) is 15.2. The Morgan fingerprint density at radius 1 is 1.11 bits per heavy atom. The second-order valence-electron chi connectivity index (χ2n) is 5.67. The van der Waals surface area contributed by atoms with Crippen LogP contribution in [-0.2, 0) is 11.2 Å². The fraction of sp³-hybridized carbons (Fsp3) is 0.200. The molecule has 2 N–H and O–H groups in total. The van der Waals surface area contributed by atoms with Crippen LogP contribution in [-0.4, -0.2) is 40.9 Å². The summed E-state index contributed by atoms with van der Waals surface area (Å²) < 4.78 is 6.77. The van der Waals surface area contributed by atoms with E-state index in [-0.39, 0.29) is 12.3 Å². The van der Waals surface area contributed by atoms with Gasteiger partial charge in [-0.2, -0.15) is 0 Å². The average Bonchev–Trinajstić information content (AvgIpc) is 2.94. The van der Waals surface area contributed by atoms with Crippen molar-refractivity contribution in [3.8, 4) is 5.75 Å². The topological polar surface area (TPSA) is 88.8 Å². The molecule has 142 valence electrons. The van der Waals surface area contributed by atoms with Gasteiger partial charge in [0.1, 0.15) is 5.75 Å². The van der Waals surface area contributed by atoms with Crippen molar-refractivity contribution < 1.29 is 24.5 Å². The molecule has 0 saturated heterocycles. The number of benzene rings is 2. The molecule has 1 aromatic heterocycles. The molecule has 3 rings (SSSR count). The van der Waals surface area contributed by atoms with E-state index in [1.807, 2.05) is 0 Å². The van der Waals surface area contributed by atoms with Crippen molar-refractivity contribution in [2.45, 2.75) is 13.3 Å². The second-order valence-corrected chi connectivity index (χ2v) is 6.10. The van der Waals surface area contributed by atoms with E-state index >= 15 is 0 Å². The predicted octanol–water partition coefficient (Wildman–Crippen LogP) is 3.54. The third-order valence-electron chi connectivity index (χ3n) is 4.16. The third kappa shape index (κ3) is 4.13. The van der Waals surface area contributed by atoms with Crippen LogP contribution in [0, 0.1) is 6.92 Å². The SMILES string of the molecule is CO.COc1ccc2c(c1)c(CC(=O)O)c(C)n2C(=O)c1ccc(Cl)cc1. The monoisotopic (exact) mass is 389 g/mol. The van der Waals surface area contributed by atoms with Gasteiger partial charge in [0.25, 0.3) is 5.91 Å². The molecule has 0 aliphatic carbocycles. The zero-order chi connectivity index (χ0) is 20.1. The molecule has 0 unspecified atom stereocenters. The third-order valence-corrected chi connectivity index (χ3v) is 4.42. The average molecular weight is 390 g/mol. The van der Waals surface area contributed by atoms with Crippen LogP contribution in [0.3, 0.4) is 0 Å². The van der Waals surface area contributed by atoms with Crippen molar-refractivity contribution in [2.75, 3.05) is 14.2 Å². The van der Waals surface area contributed by atoms with Crippen LogP contribution < -0.4 is 4.74 Å². The summed E-state index contributed by atoms with van der Waals surface area (Å²) in [6, 6.07) is 11.9. The minimum absolute atomic E-state index is 0.170. The second kappa shape index (κ2) is 8.70. The van der Waals surface area contributed by atoms with Gasteiger partial charge in [-0.25, -0.2) is 0 Å². The van der Waals surface area contributed by atoms with E-state index in [2.05, 4.69) is 0 Å². The summed E-state index contributed by atoms with van der Waals surface area (Å²) in [4.78, 5) is 24.3. The Morgan fingerprint density at radius 3 is 2.30 bits per heavy atom. The highest BCUT2D eigenvalue weighted by molar-refractivity contribution is 6.30. The first kappa shape index (κ1) is 20.5. The van der Waals surface area contributed by atoms with Gasteiger partial charge in [-0.3, -0.25) is 14.2 Å². The molecule has 2 aromatic carbocycles. The van der Waals surface area contributed by atoms with E-state index in [9.17, 15) is 14.7 Å². The summed E-state index contributed by atoms with van der Waals surface area (Å²) in [6.07, 6.45) is -0.170. The van der Waals surface area contributed by atoms with Crippen LogP contribution in [0.15, 0.2) is 42.5 Å². The van der Waals surface area contributed by atoms with Crippen LogP contribution >= 0.6 is 11.6 Å². The Labute approximate surface area is 161 Å². The van der Waals surface area contributed by atoms with Gasteiger partial charge in [0, 0.05) is 28.8 Å². The molecule has 0 radical (unpaired) electrons. The maximum absolute atomic E-state index is 13.0. The van der Waals surface area contributed by atoms with Gasteiger partial charge in [-0.15, -0.1) is 0 Å². The number of hydrogen-bond donors (Lipinski definition) is 2. The fourth-order valence-electron chi connectivity index (χ4n) is 2.95. The Kier molecular flexibility index (Phi) is 6.60. The highest BCUT2D eigenvalue weighted by Crippen LogP contribution is 2.30. The number of methoxy groups -OCH3 is 1. The van der Waals surface area contributed by atoms with Gasteiger partial charge in [0.15, 0.2) is 0 Å². The van der Waals surface area contributed by atoms with Crippen LogP contribution in [0.25, 0.3) is 10.9 Å². The van der Waals surface area contributed by atoms with Gasteiger partial charge in [-0.1, -0.05) is 11.6 Å². The van der Waals surface area contributed by atoms with Gasteiger partial charge in [-0.05, 0) is 55.0 Å². The first-order valence-electron chi connectivity index (χ1n) is 8.07. The number of carbonyl (C=O) groups is 2.